The molecule has 0 bridgehead atoms. The van der Waals surface area contributed by atoms with Gasteiger partial charge in [0.2, 0.25) is 0 Å². The summed E-state index contributed by atoms with van der Waals surface area (Å²) in [6.07, 6.45) is 0. The molecule has 0 saturated carbocycles. The van der Waals surface area contributed by atoms with Gasteiger partial charge in [-0.05, 0) is 96.1 Å². The highest BCUT2D eigenvalue weighted by atomic mass is 32.1. The van der Waals surface area contributed by atoms with Crippen LogP contribution in [-0.2, 0) is 0 Å². The maximum Gasteiger partial charge on any atom is 0.178 e. The van der Waals surface area contributed by atoms with Crippen molar-refractivity contribution in [2.45, 2.75) is 0 Å². The number of rotatable bonds is 6. The van der Waals surface area contributed by atoms with Crippen LogP contribution in [0.15, 0.2) is 212 Å². The number of hydrogen-bond acceptors (Lipinski definition) is 5. The molecule has 292 valence electrons. The van der Waals surface area contributed by atoms with Crippen molar-refractivity contribution in [1.29, 1.82) is 0 Å². The molecule has 1 aliphatic heterocycles. The Morgan fingerprint density at radius 3 is 1.60 bits per heavy atom. The van der Waals surface area contributed by atoms with E-state index in [0.29, 0.717) is 0 Å². The van der Waals surface area contributed by atoms with Crippen molar-refractivity contribution >= 4 is 108 Å². The summed E-state index contributed by atoms with van der Waals surface area (Å²) in [5.41, 5.74) is 10.0. The minimum Gasteiger partial charge on any atom is -0.451 e. The van der Waals surface area contributed by atoms with E-state index in [1.807, 2.05) is 28.7 Å². The van der Waals surface area contributed by atoms with E-state index >= 15 is 0 Å². The summed E-state index contributed by atoms with van der Waals surface area (Å²) in [6, 6.07) is 76.5. The van der Waals surface area contributed by atoms with Crippen molar-refractivity contribution in [3.8, 4) is 28.3 Å². The fraction of sp³-hybridized carbons (Fsp3) is 0. The lowest BCUT2D eigenvalue weighted by atomic mass is 10.0. The normalized spacial score (nSPS) is 12.3. The van der Waals surface area contributed by atoms with Gasteiger partial charge in [-0.2, -0.15) is 0 Å². The van der Waals surface area contributed by atoms with Crippen LogP contribution in [0, 0.1) is 0 Å². The van der Waals surface area contributed by atoms with Gasteiger partial charge in [0.1, 0.15) is 0 Å². The lowest BCUT2D eigenvalue weighted by molar-refractivity contribution is 0.481. The second kappa shape index (κ2) is 14.0. The maximum absolute atomic E-state index is 6.74. The van der Waals surface area contributed by atoms with Gasteiger partial charge in [-0.3, -0.25) is 9.47 Å². The SMILES string of the molecule is c1ccc(-n2c3c(c4ccccc42)Oc2ccccc2N3c2ccc(-c3ccc(N(c4cccc5c4sc4ccccc45)c4cccc5c4sc4ccccc45)cc3)cc2)cc1. The van der Waals surface area contributed by atoms with Gasteiger partial charge >= 0.3 is 0 Å². The molecule has 0 atom stereocenters. The average molecular weight is 830 g/mol. The minimum absolute atomic E-state index is 0.831. The Morgan fingerprint density at radius 2 is 0.935 bits per heavy atom. The summed E-state index contributed by atoms with van der Waals surface area (Å²) < 4.78 is 14.2. The smallest absolute Gasteiger partial charge is 0.178 e. The Bertz CT molecular complexity index is 3560. The molecule has 4 nitrogen and oxygen atoms in total. The third-order valence-electron chi connectivity index (χ3n) is 12.2. The van der Waals surface area contributed by atoms with Gasteiger partial charge in [-0.1, -0.05) is 127 Å². The average Bonchev–Trinajstić information content (AvgIpc) is 4.02. The quantitative estimate of drug-likeness (QED) is 0.167. The second-order valence-electron chi connectivity index (χ2n) is 15.7. The number of thiophene rings is 2. The Morgan fingerprint density at radius 1 is 0.403 bits per heavy atom. The van der Waals surface area contributed by atoms with E-state index < -0.39 is 0 Å². The molecule has 62 heavy (non-hydrogen) atoms. The fourth-order valence-electron chi connectivity index (χ4n) is 9.38. The molecule has 0 radical (unpaired) electrons. The summed E-state index contributed by atoms with van der Waals surface area (Å²) in [7, 11) is 0. The topological polar surface area (TPSA) is 20.6 Å². The predicted octanol–water partition coefficient (Wildman–Crippen LogP) is 17.1. The summed E-state index contributed by atoms with van der Waals surface area (Å²) >= 11 is 3.74. The first kappa shape index (κ1) is 35.1. The number of aromatic nitrogens is 1. The zero-order valence-corrected chi connectivity index (χ0v) is 34.9. The number of ether oxygens (including phenoxy) is 1. The van der Waals surface area contributed by atoms with Crippen molar-refractivity contribution in [3.05, 3.63) is 212 Å². The van der Waals surface area contributed by atoms with E-state index in [2.05, 4.69) is 221 Å². The molecule has 13 rings (SSSR count). The zero-order valence-electron chi connectivity index (χ0n) is 33.3. The summed E-state index contributed by atoms with van der Waals surface area (Å²) in [5.74, 6) is 2.67. The van der Waals surface area contributed by atoms with Gasteiger partial charge < -0.3 is 9.64 Å². The number of benzene rings is 9. The first-order valence-electron chi connectivity index (χ1n) is 20.8. The van der Waals surface area contributed by atoms with Gasteiger partial charge in [0.05, 0.1) is 32.0 Å². The van der Waals surface area contributed by atoms with Crippen LogP contribution < -0.4 is 14.5 Å². The molecular formula is C56H35N3OS2. The lowest BCUT2D eigenvalue weighted by Crippen LogP contribution is -2.18. The van der Waals surface area contributed by atoms with E-state index in [-0.39, 0.29) is 0 Å². The Kier molecular flexibility index (Phi) is 7.92. The predicted molar refractivity (Wildman–Crippen MR) is 264 cm³/mol. The highest BCUT2D eigenvalue weighted by molar-refractivity contribution is 7.27. The van der Waals surface area contributed by atoms with Crippen molar-refractivity contribution in [2.24, 2.45) is 0 Å². The van der Waals surface area contributed by atoms with Crippen molar-refractivity contribution in [2.75, 3.05) is 9.80 Å². The van der Waals surface area contributed by atoms with Gasteiger partial charge in [0.15, 0.2) is 17.3 Å². The lowest BCUT2D eigenvalue weighted by Gasteiger charge is -2.32. The molecule has 0 saturated heterocycles. The van der Waals surface area contributed by atoms with Crippen LogP contribution in [-0.4, -0.2) is 4.57 Å². The molecule has 0 spiro atoms. The minimum atomic E-state index is 0.831. The molecule has 3 aromatic heterocycles. The number of hydrogen-bond donors (Lipinski definition) is 0. The first-order valence-corrected chi connectivity index (χ1v) is 22.5. The van der Waals surface area contributed by atoms with Gasteiger partial charge in [0.25, 0.3) is 0 Å². The van der Waals surface area contributed by atoms with E-state index in [1.165, 1.54) is 51.7 Å². The molecule has 4 heterocycles. The standard InChI is InChI=1S/C56H35N3OS2/c1-2-14-38(15-3-1)58-46-21-7-4-18-45(46)53-56(58)59(47-22-8-9-25-50(47)60-53)40-34-30-37(31-35-40)36-28-32-39(33-29-36)57(48-23-12-19-43-41-16-5-10-26-51(41)61-54(43)48)49-24-13-20-44-42-17-6-11-27-52(42)62-55(44)49/h1-35H. The van der Waals surface area contributed by atoms with Crippen molar-refractivity contribution in [1.82, 2.24) is 4.57 Å². The number of fused-ring (bicyclic) bond motifs is 10. The summed E-state index contributed by atoms with van der Waals surface area (Å²) in [4.78, 5) is 4.82. The molecule has 0 unspecified atom stereocenters. The molecular weight excluding hydrogens is 795 g/mol. The zero-order chi connectivity index (χ0) is 40.7. The van der Waals surface area contributed by atoms with E-state index in [9.17, 15) is 0 Å². The molecule has 1 aliphatic rings. The highest BCUT2D eigenvalue weighted by Gasteiger charge is 2.33. The van der Waals surface area contributed by atoms with Crippen LogP contribution in [0.25, 0.3) is 68.1 Å². The molecule has 6 heteroatoms. The van der Waals surface area contributed by atoms with Crippen molar-refractivity contribution in [3.63, 3.8) is 0 Å². The number of anilines is 6. The molecule has 12 aromatic rings. The number of para-hydroxylation sites is 4. The van der Waals surface area contributed by atoms with E-state index in [1.54, 1.807) is 0 Å². The Labute approximate surface area is 366 Å². The van der Waals surface area contributed by atoms with Crippen LogP contribution in [0.3, 0.4) is 0 Å². The Balaban J connectivity index is 0.930. The van der Waals surface area contributed by atoms with Crippen LogP contribution in [0.2, 0.25) is 0 Å². The molecule has 0 fully saturated rings. The number of nitrogens with zero attached hydrogens (tertiary/aromatic N) is 3. The second-order valence-corrected chi connectivity index (χ2v) is 17.8. The van der Waals surface area contributed by atoms with E-state index in [0.717, 1.165) is 62.1 Å². The first-order chi connectivity index (χ1) is 30.8. The monoisotopic (exact) mass is 829 g/mol. The Hall–Kier alpha value is -7.64. The van der Waals surface area contributed by atoms with E-state index in [4.69, 9.17) is 4.74 Å². The maximum atomic E-state index is 6.74. The van der Waals surface area contributed by atoms with Crippen molar-refractivity contribution < 1.29 is 4.74 Å². The third-order valence-corrected chi connectivity index (χ3v) is 14.6. The van der Waals surface area contributed by atoms with Gasteiger partial charge in [-0.25, -0.2) is 0 Å². The molecule has 0 N–H and O–H groups in total. The van der Waals surface area contributed by atoms with Crippen LogP contribution >= 0.6 is 22.7 Å². The summed E-state index contributed by atoms with van der Waals surface area (Å²) in [6.45, 7) is 0. The summed E-state index contributed by atoms with van der Waals surface area (Å²) in [5, 5.41) is 6.24. The van der Waals surface area contributed by atoms with Crippen LogP contribution in [0.4, 0.5) is 34.3 Å². The third kappa shape index (κ3) is 5.37. The molecule has 0 aliphatic carbocycles. The van der Waals surface area contributed by atoms with Crippen LogP contribution in [0.5, 0.6) is 11.5 Å². The molecule has 9 aromatic carbocycles. The van der Waals surface area contributed by atoms with Crippen LogP contribution in [0.1, 0.15) is 0 Å². The highest BCUT2D eigenvalue weighted by Crippen LogP contribution is 2.55. The molecule has 0 amide bonds. The van der Waals surface area contributed by atoms with Gasteiger partial charge in [0, 0.05) is 53.4 Å². The fourth-order valence-corrected chi connectivity index (χ4v) is 11.8. The van der Waals surface area contributed by atoms with Gasteiger partial charge in [-0.15, -0.1) is 22.7 Å². The largest absolute Gasteiger partial charge is 0.451 e.